The van der Waals surface area contributed by atoms with E-state index in [9.17, 15) is 21.6 Å². The molecule has 196 valence electrons. The summed E-state index contributed by atoms with van der Waals surface area (Å²) in [7, 11) is -3.86. The van der Waals surface area contributed by atoms with Gasteiger partial charge in [-0.05, 0) is 64.9 Å². The zero-order valence-electron chi connectivity index (χ0n) is 19.6. The Balaban J connectivity index is 0.00000320. The topological polar surface area (TPSA) is 87.2 Å². The lowest BCUT2D eigenvalue weighted by atomic mass is 9.85. The highest BCUT2D eigenvalue weighted by Crippen LogP contribution is 2.40. The van der Waals surface area contributed by atoms with E-state index in [-0.39, 0.29) is 31.3 Å². The lowest BCUT2D eigenvalue weighted by Crippen LogP contribution is -2.39. The van der Waals surface area contributed by atoms with Gasteiger partial charge in [0.25, 0.3) is 0 Å². The summed E-state index contributed by atoms with van der Waals surface area (Å²) >= 11 is 0. The highest BCUT2D eigenvalue weighted by molar-refractivity contribution is 7.90. The van der Waals surface area contributed by atoms with Gasteiger partial charge in [-0.1, -0.05) is 30.3 Å². The standard InChI is InChI=1S/C25H24F3N5O2S.ClH/c26-25(27,28)19-4-5-22(23(14-19)17-6-9-29-10-7-17)21-3-1-2-18-16-33(13-8-20(18)21)36(34,35)32-24-15-30-11-12-31-24;/h1-6,11-12,14-15,29H,7-10,13,16H2,(H,31,32);1H. The third kappa shape index (κ3) is 5.80. The molecule has 0 spiro atoms. The molecule has 2 aromatic carbocycles. The quantitative estimate of drug-likeness (QED) is 0.481. The van der Waals surface area contributed by atoms with Crippen molar-refractivity contribution in [2.45, 2.75) is 25.6 Å². The van der Waals surface area contributed by atoms with Crippen LogP contribution in [0.4, 0.5) is 19.0 Å². The maximum Gasteiger partial charge on any atom is 0.416 e. The van der Waals surface area contributed by atoms with E-state index in [2.05, 4.69) is 20.0 Å². The molecule has 2 aliphatic heterocycles. The van der Waals surface area contributed by atoms with Gasteiger partial charge >= 0.3 is 16.4 Å². The van der Waals surface area contributed by atoms with Crippen molar-refractivity contribution >= 4 is 34.0 Å². The molecule has 12 heteroatoms. The lowest BCUT2D eigenvalue weighted by Gasteiger charge is -2.30. The van der Waals surface area contributed by atoms with E-state index in [0.717, 1.165) is 33.9 Å². The van der Waals surface area contributed by atoms with Crippen LogP contribution in [0.5, 0.6) is 0 Å². The normalized spacial score (nSPS) is 16.4. The summed E-state index contributed by atoms with van der Waals surface area (Å²) in [6.45, 7) is 1.66. The Morgan fingerprint density at radius 3 is 2.57 bits per heavy atom. The minimum atomic E-state index is -4.44. The van der Waals surface area contributed by atoms with Gasteiger partial charge in [0.1, 0.15) is 0 Å². The van der Waals surface area contributed by atoms with Crippen molar-refractivity contribution in [1.82, 2.24) is 19.6 Å². The number of hydrogen-bond acceptors (Lipinski definition) is 5. The first kappa shape index (κ1) is 27.1. The summed E-state index contributed by atoms with van der Waals surface area (Å²) in [6, 6.07) is 9.46. The summed E-state index contributed by atoms with van der Waals surface area (Å²) in [5.41, 5.74) is 4.07. The van der Waals surface area contributed by atoms with Gasteiger partial charge in [-0.3, -0.25) is 9.71 Å². The Kier molecular flexibility index (Phi) is 7.88. The highest BCUT2D eigenvalue weighted by atomic mass is 35.5. The molecule has 0 saturated heterocycles. The smallest absolute Gasteiger partial charge is 0.313 e. The van der Waals surface area contributed by atoms with Crippen LogP contribution in [-0.4, -0.2) is 42.3 Å². The molecule has 0 bridgehead atoms. The molecule has 3 aromatic rings. The van der Waals surface area contributed by atoms with Crippen molar-refractivity contribution in [3.63, 3.8) is 0 Å². The number of alkyl halides is 3. The van der Waals surface area contributed by atoms with E-state index >= 15 is 0 Å². The van der Waals surface area contributed by atoms with Gasteiger partial charge in [-0.15, -0.1) is 12.4 Å². The first-order valence-corrected chi connectivity index (χ1v) is 12.9. The molecule has 7 nitrogen and oxygen atoms in total. The molecular formula is C25H25ClF3N5O2S. The molecule has 0 atom stereocenters. The predicted octanol–water partition coefficient (Wildman–Crippen LogP) is 4.68. The first-order chi connectivity index (χ1) is 17.2. The minimum Gasteiger partial charge on any atom is -0.313 e. The number of halogens is 4. The van der Waals surface area contributed by atoms with Crippen molar-refractivity contribution in [3.8, 4) is 11.1 Å². The van der Waals surface area contributed by atoms with E-state index in [1.54, 1.807) is 0 Å². The predicted molar refractivity (Wildman–Crippen MR) is 138 cm³/mol. The van der Waals surface area contributed by atoms with Gasteiger partial charge in [0.15, 0.2) is 5.82 Å². The number of anilines is 1. The zero-order valence-corrected chi connectivity index (χ0v) is 21.3. The summed E-state index contributed by atoms with van der Waals surface area (Å²) in [5.74, 6) is 0.127. The van der Waals surface area contributed by atoms with Crippen LogP contribution in [0.2, 0.25) is 0 Å². The van der Waals surface area contributed by atoms with Crippen LogP contribution in [0, 0.1) is 0 Å². The number of hydrogen-bond donors (Lipinski definition) is 2. The third-order valence-corrected chi connectivity index (χ3v) is 7.87. The van der Waals surface area contributed by atoms with Crippen LogP contribution in [-0.2, 0) is 29.4 Å². The Morgan fingerprint density at radius 2 is 1.86 bits per heavy atom. The van der Waals surface area contributed by atoms with E-state index < -0.39 is 21.9 Å². The van der Waals surface area contributed by atoms with Gasteiger partial charge in [-0.25, -0.2) is 4.98 Å². The van der Waals surface area contributed by atoms with E-state index in [1.807, 2.05) is 24.3 Å². The third-order valence-electron chi connectivity index (χ3n) is 6.41. The van der Waals surface area contributed by atoms with Gasteiger partial charge < -0.3 is 5.32 Å². The fraction of sp³-hybridized carbons (Fsp3) is 0.280. The monoisotopic (exact) mass is 551 g/mol. The number of rotatable bonds is 5. The second-order valence-electron chi connectivity index (χ2n) is 8.67. The molecule has 0 amide bonds. The Morgan fingerprint density at radius 1 is 1.03 bits per heavy atom. The molecule has 2 aliphatic rings. The van der Waals surface area contributed by atoms with Gasteiger partial charge in [-0.2, -0.15) is 25.9 Å². The average molecular weight is 552 g/mol. The molecule has 1 aromatic heterocycles. The second-order valence-corrected chi connectivity index (χ2v) is 10.3. The molecule has 0 fully saturated rings. The van der Waals surface area contributed by atoms with E-state index in [1.165, 1.54) is 35.0 Å². The Hall–Kier alpha value is -2.99. The number of nitrogens with zero attached hydrogens (tertiary/aromatic N) is 3. The maximum atomic E-state index is 13.5. The van der Waals surface area contributed by atoms with E-state index in [4.69, 9.17) is 0 Å². The molecule has 0 radical (unpaired) electrons. The molecule has 3 heterocycles. The summed E-state index contributed by atoms with van der Waals surface area (Å²) < 4.78 is 70.3. The van der Waals surface area contributed by atoms with Crippen molar-refractivity contribution in [3.05, 3.63) is 83.3 Å². The van der Waals surface area contributed by atoms with E-state index in [0.29, 0.717) is 31.5 Å². The highest BCUT2D eigenvalue weighted by Gasteiger charge is 2.33. The molecule has 0 aliphatic carbocycles. The minimum absolute atomic E-state index is 0. The van der Waals surface area contributed by atoms with Crippen molar-refractivity contribution in [2.24, 2.45) is 0 Å². The first-order valence-electron chi connectivity index (χ1n) is 11.5. The fourth-order valence-corrected chi connectivity index (χ4v) is 5.82. The molecule has 0 unspecified atom stereocenters. The summed E-state index contributed by atoms with van der Waals surface area (Å²) in [6.07, 6.45) is 2.72. The van der Waals surface area contributed by atoms with Crippen molar-refractivity contribution in [2.75, 3.05) is 24.4 Å². The van der Waals surface area contributed by atoms with Gasteiger partial charge in [0.2, 0.25) is 0 Å². The SMILES string of the molecule is Cl.O=S(=O)(Nc1cnccn1)N1CCc2c(cccc2-c2ccc(C(F)(F)F)cc2C2=CCNCC2)C1. The molecule has 0 saturated carbocycles. The van der Waals surface area contributed by atoms with Crippen LogP contribution in [0.25, 0.3) is 16.7 Å². The maximum absolute atomic E-state index is 13.5. The van der Waals surface area contributed by atoms with Crippen LogP contribution in [0.15, 0.2) is 61.1 Å². The number of benzene rings is 2. The van der Waals surface area contributed by atoms with Gasteiger partial charge in [0, 0.05) is 32.0 Å². The fourth-order valence-electron chi connectivity index (χ4n) is 4.68. The van der Waals surface area contributed by atoms with Crippen LogP contribution >= 0.6 is 12.4 Å². The number of nitrogens with one attached hydrogen (secondary N) is 2. The molecular weight excluding hydrogens is 527 g/mol. The number of aromatic nitrogens is 2. The Bertz CT molecular complexity index is 1420. The Labute approximate surface area is 219 Å². The zero-order chi connectivity index (χ0) is 25.3. The lowest BCUT2D eigenvalue weighted by molar-refractivity contribution is -0.137. The van der Waals surface area contributed by atoms with Gasteiger partial charge in [0.05, 0.1) is 11.8 Å². The van der Waals surface area contributed by atoms with Crippen molar-refractivity contribution in [1.29, 1.82) is 0 Å². The summed E-state index contributed by atoms with van der Waals surface area (Å²) in [5, 5.41) is 3.20. The summed E-state index contributed by atoms with van der Waals surface area (Å²) in [4.78, 5) is 7.84. The molecule has 5 rings (SSSR count). The molecule has 37 heavy (non-hydrogen) atoms. The van der Waals surface area contributed by atoms with Crippen LogP contribution in [0.1, 0.15) is 28.7 Å². The molecule has 2 N–H and O–H groups in total. The largest absolute Gasteiger partial charge is 0.416 e. The van der Waals surface area contributed by atoms with Crippen LogP contribution < -0.4 is 10.0 Å². The average Bonchev–Trinajstić information content (AvgIpc) is 2.88. The second kappa shape index (κ2) is 10.8. The van der Waals surface area contributed by atoms with Crippen molar-refractivity contribution < 1.29 is 21.6 Å². The number of fused-ring (bicyclic) bond motifs is 1. The van der Waals surface area contributed by atoms with Crippen LogP contribution in [0.3, 0.4) is 0 Å².